The maximum Gasteiger partial charge on any atom is 0.269 e. The van der Waals surface area contributed by atoms with Gasteiger partial charge in [0.15, 0.2) is 0 Å². The lowest BCUT2D eigenvalue weighted by atomic mass is 10.2. The molecular weight excluding hydrogens is 298 g/mol. The van der Waals surface area contributed by atoms with Gasteiger partial charge in [-0.2, -0.15) is 0 Å². The third-order valence-electron chi connectivity index (χ3n) is 3.21. The highest BCUT2D eigenvalue weighted by atomic mass is 16.6. The Morgan fingerprint density at radius 1 is 1.09 bits per heavy atom. The Morgan fingerprint density at radius 3 is 2.17 bits per heavy atom. The Hall–Kier alpha value is -3.09. The monoisotopic (exact) mass is 315 g/mol. The van der Waals surface area contributed by atoms with Crippen molar-refractivity contribution in [2.45, 2.75) is 13.0 Å². The van der Waals surface area contributed by atoms with Crippen LogP contribution in [0.25, 0.3) is 0 Å². The normalized spacial score (nSPS) is 11.4. The number of nitrogens with zero attached hydrogens (tertiary/aromatic N) is 1. The molecule has 7 heteroatoms. The summed E-state index contributed by atoms with van der Waals surface area (Å²) in [5.41, 5.74) is 1.27. The number of carbonyl (C=O) groups excluding carboxylic acids is 1. The number of anilines is 2. The second-order valence-corrected chi connectivity index (χ2v) is 4.89. The number of hydrogen-bond donors (Lipinski definition) is 2. The summed E-state index contributed by atoms with van der Waals surface area (Å²) in [6, 6.07) is 12.4. The van der Waals surface area contributed by atoms with Crippen LogP contribution in [-0.2, 0) is 4.79 Å². The highest BCUT2D eigenvalue weighted by molar-refractivity contribution is 5.96. The summed E-state index contributed by atoms with van der Waals surface area (Å²) in [6.45, 7) is 1.73. The van der Waals surface area contributed by atoms with Gasteiger partial charge in [0, 0.05) is 23.5 Å². The van der Waals surface area contributed by atoms with Gasteiger partial charge in [0.2, 0.25) is 5.91 Å². The van der Waals surface area contributed by atoms with Crippen molar-refractivity contribution in [1.29, 1.82) is 0 Å². The molecule has 1 atom stereocenters. The molecule has 0 saturated heterocycles. The number of nitro groups is 1. The molecule has 0 fully saturated rings. The first-order valence-electron chi connectivity index (χ1n) is 6.95. The number of nitro benzene ring substituents is 1. The van der Waals surface area contributed by atoms with Gasteiger partial charge in [0.05, 0.1) is 12.0 Å². The molecule has 0 saturated carbocycles. The summed E-state index contributed by atoms with van der Waals surface area (Å²) in [5, 5.41) is 16.4. The topological polar surface area (TPSA) is 93.5 Å². The number of hydrogen-bond acceptors (Lipinski definition) is 5. The highest BCUT2D eigenvalue weighted by Gasteiger charge is 2.13. The fourth-order valence-corrected chi connectivity index (χ4v) is 1.92. The smallest absolute Gasteiger partial charge is 0.269 e. The van der Waals surface area contributed by atoms with E-state index in [1.54, 1.807) is 26.2 Å². The van der Waals surface area contributed by atoms with E-state index in [4.69, 9.17) is 4.74 Å². The van der Waals surface area contributed by atoms with Crippen LogP contribution >= 0.6 is 0 Å². The lowest BCUT2D eigenvalue weighted by Crippen LogP contribution is -2.31. The van der Waals surface area contributed by atoms with Gasteiger partial charge in [-0.1, -0.05) is 0 Å². The molecule has 120 valence electrons. The largest absolute Gasteiger partial charge is 0.497 e. The molecule has 7 nitrogen and oxygen atoms in total. The molecule has 2 aromatic carbocycles. The average molecular weight is 315 g/mol. The minimum absolute atomic E-state index is 0.0209. The fraction of sp³-hybridized carbons (Fsp3) is 0.188. The molecule has 2 N–H and O–H groups in total. The lowest BCUT2D eigenvalue weighted by molar-refractivity contribution is -0.384. The van der Waals surface area contributed by atoms with Gasteiger partial charge in [0.25, 0.3) is 5.69 Å². The van der Waals surface area contributed by atoms with Crippen LogP contribution in [0.4, 0.5) is 17.1 Å². The predicted octanol–water partition coefficient (Wildman–Crippen LogP) is 3.04. The maximum absolute atomic E-state index is 12.1. The molecule has 0 aliphatic rings. The number of carbonyl (C=O) groups is 1. The molecule has 1 unspecified atom stereocenters. The van der Waals surface area contributed by atoms with E-state index in [2.05, 4.69) is 10.6 Å². The zero-order valence-corrected chi connectivity index (χ0v) is 12.8. The molecule has 0 aromatic heterocycles. The number of benzene rings is 2. The summed E-state index contributed by atoms with van der Waals surface area (Å²) in [7, 11) is 1.59. The molecular formula is C16H17N3O4. The van der Waals surface area contributed by atoms with E-state index < -0.39 is 11.0 Å². The van der Waals surface area contributed by atoms with Crippen molar-refractivity contribution < 1.29 is 14.5 Å². The van der Waals surface area contributed by atoms with Crippen molar-refractivity contribution in [3.05, 3.63) is 58.6 Å². The van der Waals surface area contributed by atoms with Gasteiger partial charge in [-0.25, -0.2) is 0 Å². The Morgan fingerprint density at radius 2 is 1.65 bits per heavy atom. The third-order valence-corrected chi connectivity index (χ3v) is 3.21. The Bertz CT molecular complexity index is 683. The molecule has 2 aromatic rings. The van der Waals surface area contributed by atoms with Crippen LogP contribution in [0, 0.1) is 10.1 Å². The van der Waals surface area contributed by atoms with Gasteiger partial charge in [-0.15, -0.1) is 0 Å². The first kappa shape index (κ1) is 16.3. The Kier molecular flexibility index (Phi) is 5.14. The van der Waals surface area contributed by atoms with Gasteiger partial charge in [-0.05, 0) is 43.3 Å². The zero-order valence-electron chi connectivity index (χ0n) is 12.8. The van der Waals surface area contributed by atoms with Crippen molar-refractivity contribution in [3.8, 4) is 5.75 Å². The highest BCUT2D eigenvalue weighted by Crippen LogP contribution is 2.17. The van der Waals surface area contributed by atoms with Crippen molar-refractivity contribution in [2.24, 2.45) is 0 Å². The number of non-ortho nitro benzene ring substituents is 1. The Labute approximate surface area is 133 Å². The quantitative estimate of drug-likeness (QED) is 0.631. The maximum atomic E-state index is 12.1. The second-order valence-electron chi connectivity index (χ2n) is 4.89. The number of nitrogens with one attached hydrogen (secondary N) is 2. The molecule has 2 rings (SSSR count). The van der Waals surface area contributed by atoms with E-state index in [1.165, 1.54) is 24.3 Å². The number of methoxy groups -OCH3 is 1. The standard InChI is InChI=1S/C16H17N3O4/c1-11(17-12-5-9-15(23-2)10-6-12)16(20)18-13-3-7-14(8-4-13)19(21)22/h3-11,17H,1-2H3,(H,18,20). The number of rotatable bonds is 6. The molecule has 23 heavy (non-hydrogen) atoms. The zero-order chi connectivity index (χ0) is 16.8. The third kappa shape index (κ3) is 4.44. The molecule has 0 heterocycles. The van der Waals surface area contributed by atoms with Crippen LogP contribution in [0.1, 0.15) is 6.92 Å². The lowest BCUT2D eigenvalue weighted by Gasteiger charge is -2.15. The first-order chi connectivity index (χ1) is 11.0. The van der Waals surface area contributed by atoms with Crippen LogP contribution in [-0.4, -0.2) is 24.0 Å². The summed E-state index contributed by atoms with van der Waals surface area (Å²) < 4.78 is 5.07. The van der Waals surface area contributed by atoms with Crippen LogP contribution in [0.15, 0.2) is 48.5 Å². The predicted molar refractivity (Wildman–Crippen MR) is 87.8 cm³/mol. The average Bonchev–Trinajstić information content (AvgIpc) is 2.56. The second kappa shape index (κ2) is 7.26. The minimum Gasteiger partial charge on any atom is -0.497 e. The van der Waals surface area contributed by atoms with Crippen molar-refractivity contribution in [1.82, 2.24) is 0 Å². The molecule has 0 aliphatic heterocycles. The SMILES string of the molecule is COc1ccc(NC(C)C(=O)Nc2ccc([N+](=O)[O-])cc2)cc1. The summed E-state index contributed by atoms with van der Waals surface area (Å²) in [6.07, 6.45) is 0. The molecule has 0 radical (unpaired) electrons. The number of amides is 1. The first-order valence-corrected chi connectivity index (χ1v) is 6.95. The van der Waals surface area contributed by atoms with E-state index in [0.717, 1.165) is 11.4 Å². The van der Waals surface area contributed by atoms with E-state index in [-0.39, 0.29) is 11.6 Å². The summed E-state index contributed by atoms with van der Waals surface area (Å²) in [5.74, 6) is 0.494. The van der Waals surface area contributed by atoms with E-state index in [0.29, 0.717) is 5.69 Å². The van der Waals surface area contributed by atoms with Gasteiger partial charge in [0.1, 0.15) is 11.8 Å². The molecule has 1 amide bonds. The van der Waals surface area contributed by atoms with Gasteiger partial charge in [-0.3, -0.25) is 14.9 Å². The van der Waals surface area contributed by atoms with Crippen molar-refractivity contribution >= 4 is 23.0 Å². The van der Waals surface area contributed by atoms with Gasteiger partial charge < -0.3 is 15.4 Å². The van der Waals surface area contributed by atoms with Gasteiger partial charge >= 0.3 is 0 Å². The van der Waals surface area contributed by atoms with Crippen LogP contribution in [0.3, 0.4) is 0 Å². The van der Waals surface area contributed by atoms with Crippen LogP contribution in [0.5, 0.6) is 5.75 Å². The summed E-state index contributed by atoms with van der Waals surface area (Å²) in [4.78, 5) is 22.2. The minimum atomic E-state index is -0.487. The summed E-state index contributed by atoms with van der Waals surface area (Å²) >= 11 is 0. The van der Waals surface area contributed by atoms with E-state index in [9.17, 15) is 14.9 Å². The number of ether oxygens (including phenoxy) is 1. The van der Waals surface area contributed by atoms with Crippen LogP contribution < -0.4 is 15.4 Å². The molecule has 0 aliphatic carbocycles. The molecule has 0 bridgehead atoms. The fourth-order valence-electron chi connectivity index (χ4n) is 1.92. The molecule has 0 spiro atoms. The Balaban J connectivity index is 1.94. The van der Waals surface area contributed by atoms with Crippen molar-refractivity contribution in [2.75, 3.05) is 17.7 Å². The van der Waals surface area contributed by atoms with Crippen LogP contribution in [0.2, 0.25) is 0 Å². The van der Waals surface area contributed by atoms with Crippen molar-refractivity contribution in [3.63, 3.8) is 0 Å². The van der Waals surface area contributed by atoms with E-state index in [1.807, 2.05) is 12.1 Å². The van der Waals surface area contributed by atoms with E-state index >= 15 is 0 Å².